The Balaban J connectivity index is 1.73. The molecule has 31 heavy (non-hydrogen) atoms. The Kier molecular flexibility index (Phi) is 5.60. The summed E-state index contributed by atoms with van der Waals surface area (Å²) in [6.07, 6.45) is 0. The minimum atomic E-state index is -4.15. The third-order valence-corrected chi connectivity index (χ3v) is 9.51. The fraction of sp³-hybridized carbons (Fsp3) is 0.0556. The summed E-state index contributed by atoms with van der Waals surface area (Å²) in [5.41, 5.74) is 0.570. The van der Waals surface area contributed by atoms with Gasteiger partial charge in [-0.1, -0.05) is 17.7 Å². The number of sulfonamides is 2. The van der Waals surface area contributed by atoms with Crippen molar-refractivity contribution in [1.29, 1.82) is 0 Å². The van der Waals surface area contributed by atoms with Crippen molar-refractivity contribution < 1.29 is 16.8 Å². The van der Waals surface area contributed by atoms with Gasteiger partial charge in [0.25, 0.3) is 24.8 Å². The zero-order valence-corrected chi connectivity index (χ0v) is 19.7. The van der Waals surface area contributed by atoms with Crippen LogP contribution in [0, 0.1) is 0 Å². The second-order valence-corrected chi connectivity index (χ2v) is 12.5. The van der Waals surface area contributed by atoms with E-state index in [0.29, 0.717) is 5.52 Å². The topological polar surface area (TPSA) is 114 Å². The average Bonchev–Trinajstić information content (AvgIpc) is 3.33. The number of fused-ring (bicyclic) bond motifs is 1. The van der Waals surface area contributed by atoms with Crippen LogP contribution in [0.5, 0.6) is 0 Å². The van der Waals surface area contributed by atoms with E-state index < -0.39 is 20.0 Å². The molecule has 0 unspecified atom stereocenters. The summed E-state index contributed by atoms with van der Waals surface area (Å²) < 4.78 is 57.3. The predicted molar refractivity (Wildman–Crippen MR) is 124 cm³/mol. The molecule has 2 N–H and O–H groups in total. The van der Waals surface area contributed by atoms with Crippen LogP contribution < -0.4 is 14.2 Å². The summed E-state index contributed by atoms with van der Waals surface area (Å²) in [6, 6.07) is 11.3. The average molecular weight is 516 g/mol. The minimum Gasteiger partial charge on any atom is -0.297 e. The summed E-state index contributed by atoms with van der Waals surface area (Å²) in [4.78, 5) is 12.0. The molecule has 0 saturated heterocycles. The van der Waals surface area contributed by atoms with Crippen LogP contribution in [0.15, 0.2) is 67.8 Å². The van der Waals surface area contributed by atoms with Crippen molar-refractivity contribution in [3.8, 4) is 0 Å². The fourth-order valence-corrected chi connectivity index (χ4v) is 6.96. The smallest absolute Gasteiger partial charge is 0.271 e. The van der Waals surface area contributed by atoms with Gasteiger partial charge in [0.15, 0.2) is 0 Å². The molecule has 0 fully saturated rings. The molecule has 0 saturated carbocycles. The third kappa shape index (κ3) is 4.34. The number of nitrogens with one attached hydrogen (secondary N) is 2. The van der Waals surface area contributed by atoms with Crippen molar-refractivity contribution in [1.82, 2.24) is 3.96 Å². The molecule has 0 spiro atoms. The SMILES string of the molecule is Cn1sc(=O)c2cc(S(=O)(=O)Nc3cc(Cl)ccc3NS(=O)(=O)c3cccs3)ccc21. The maximum Gasteiger partial charge on any atom is 0.271 e. The second kappa shape index (κ2) is 7.95. The fourth-order valence-electron chi connectivity index (χ4n) is 2.85. The molecule has 2 aromatic heterocycles. The number of halogens is 1. The number of rotatable bonds is 6. The summed E-state index contributed by atoms with van der Waals surface area (Å²) in [5, 5.41) is 2.10. The minimum absolute atomic E-state index is 0.00824. The van der Waals surface area contributed by atoms with E-state index in [1.165, 1.54) is 36.4 Å². The zero-order chi connectivity index (χ0) is 22.4. The van der Waals surface area contributed by atoms with Gasteiger partial charge in [-0.2, -0.15) is 0 Å². The lowest BCUT2D eigenvalue weighted by atomic mass is 10.2. The number of anilines is 2. The first-order valence-electron chi connectivity index (χ1n) is 8.56. The molecule has 0 radical (unpaired) electrons. The van der Waals surface area contributed by atoms with Crippen molar-refractivity contribution in [3.63, 3.8) is 0 Å². The molecule has 2 aromatic carbocycles. The Labute approximate surface area is 191 Å². The summed E-state index contributed by atoms with van der Waals surface area (Å²) in [7, 11) is -6.35. The van der Waals surface area contributed by atoms with Crippen LogP contribution in [0.4, 0.5) is 11.4 Å². The molecule has 4 rings (SSSR count). The van der Waals surface area contributed by atoms with Gasteiger partial charge in [-0.05, 0) is 59.4 Å². The molecule has 0 amide bonds. The lowest BCUT2D eigenvalue weighted by molar-refractivity contribution is 0.599. The molecule has 0 aliphatic rings. The molecule has 0 atom stereocenters. The quantitative estimate of drug-likeness (QED) is 0.404. The van der Waals surface area contributed by atoms with Gasteiger partial charge < -0.3 is 0 Å². The first kappa shape index (κ1) is 21.8. The highest BCUT2D eigenvalue weighted by Gasteiger charge is 2.22. The monoisotopic (exact) mass is 515 g/mol. The van der Waals surface area contributed by atoms with Gasteiger partial charge in [-0.15, -0.1) is 11.3 Å². The molecule has 0 aliphatic carbocycles. The first-order chi connectivity index (χ1) is 14.6. The van der Waals surface area contributed by atoms with Gasteiger partial charge in [-0.3, -0.25) is 18.2 Å². The van der Waals surface area contributed by atoms with Crippen LogP contribution in [0.1, 0.15) is 0 Å². The van der Waals surface area contributed by atoms with E-state index in [1.807, 2.05) is 0 Å². The molecule has 0 bridgehead atoms. The van der Waals surface area contributed by atoms with Gasteiger partial charge >= 0.3 is 0 Å². The third-order valence-electron chi connectivity index (χ3n) is 4.29. The highest BCUT2D eigenvalue weighted by molar-refractivity contribution is 7.94. The van der Waals surface area contributed by atoms with Crippen molar-refractivity contribution in [2.45, 2.75) is 9.10 Å². The second-order valence-electron chi connectivity index (χ2n) is 6.39. The Morgan fingerprint density at radius 1 is 0.935 bits per heavy atom. The predicted octanol–water partition coefficient (Wildman–Crippen LogP) is 3.92. The molecule has 8 nitrogen and oxygen atoms in total. The number of aryl methyl sites for hydroxylation is 1. The van der Waals surface area contributed by atoms with Crippen LogP contribution in [-0.2, 0) is 27.1 Å². The van der Waals surface area contributed by atoms with Crippen molar-refractivity contribution in [2.24, 2.45) is 7.05 Å². The van der Waals surface area contributed by atoms with Gasteiger partial charge in [0.05, 0.1) is 27.2 Å². The Hall–Kier alpha value is -2.38. The van der Waals surface area contributed by atoms with Crippen LogP contribution in [0.2, 0.25) is 5.02 Å². The number of thiophene rings is 1. The largest absolute Gasteiger partial charge is 0.297 e. The summed E-state index contributed by atoms with van der Waals surface area (Å²) in [5.74, 6) is 0. The van der Waals surface area contributed by atoms with Crippen molar-refractivity contribution in [2.75, 3.05) is 9.44 Å². The van der Waals surface area contributed by atoms with Crippen LogP contribution in [-0.4, -0.2) is 20.8 Å². The van der Waals surface area contributed by atoms with Gasteiger partial charge in [0, 0.05) is 12.1 Å². The molecule has 2 heterocycles. The van der Waals surface area contributed by atoms with Crippen molar-refractivity contribution >= 4 is 76.8 Å². The zero-order valence-electron chi connectivity index (χ0n) is 15.7. The molecule has 13 heteroatoms. The Bertz CT molecular complexity index is 1560. The number of hydrogen-bond acceptors (Lipinski definition) is 7. The number of benzene rings is 2. The van der Waals surface area contributed by atoms with Gasteiger partial charge in [0.1, 0.15) is 4.21 Å². The number of nitrogens with zero attached hydrogens (tertiary/aromatic N) is 1. The highest BCUT2D eigenvalue weighted by Crippen LogP contribution is 2.31. The first-order valence-corrected chi connectivity index (χ1v) is 13.6. The molecule has 4 aromatic rings. The highest BCUT2D eigenvalue weighted by atomic mass is 35.5. The van der Waals surface area contributed by atoms with E-state index in [1.54, 1.807) is 28.5 Å². The van der Waals surface area contributed by atoms with E-state index in [-0.39, 0.29) is 35.6 Å². The molecule has 162 valence electrons. The molecule has 0 aliphatic heterocycles. The van der Waals surface area contributed by atoms with E-state index in [2.05, 4.69) is 9.44 Å². The van der Waals surface area contributed by atoms with Gasteiger partial charge in [-0.25, -0.2) is 16.8 Å². The molecular formula is C18H14ClN3O5S4. The summed E-state index contributed by atoms with van der Waals surface area (Å²) >= 11 is 8.01. The normalized spacial score (nSPS) is 12.2. The summed E-state index contributed by atoms with van der Waals surface area (Å²) in [6.45, 7) is 0. The van der Waals surface area contributed by atoms with Crippen molar-refractivity contribution in [3.05, 3.63) is 68.5 Å². The molecular weight excluding hydrogens is 502 g/mol. The maximum atomic E-state index is 13.0. The number of aromatic nitrogens is 1. The van der Waals surface area contributed by atoms with Crippen LogP contribution in [0.3, 0.4) is 0 Å². The van der Waals surface area contributed by atoms with Crippen LogP contribution in [0.25, 0.3) is 10.9 Å². The van der Waals surface area contributed by atoms with Gasteiger partial charge in [0.2, 0.25) is 0 Å². The Morgan fingerprint density at radius 2 is 1.68 bits per heavy atom. The Morgan fingerprint density at radius 3 is 2.39 bits per heavy atom. The van der Waals surface area contributed by atoms with E-state index in [9.17, 15) is 21.6 Å². The van der Waals surface area contributed by atoms with E-state index >= 15 is 0 Å². The van der Waals surface area contributed by atoms with Crippen LogP contribution >= 0.6 is 34.5 Å². The lowest BCUT2D eigenvalue weighted by Crippen LogP contribution is -2.17. The maximum absolute atomic E-state index is 13.0. The lowest BCUT2D eigenvalue weighted by Gasteiger charge is -2.14. The van der Waals surface area contributed by atoms with E-state index in [0.717, 1.165) is 22.9 Å². The van der Waals surface area contributed by atoms with E-state index in [4.69, 9.17) is 11.6 Å². The standard InChI is InChI=1S/C18H14ClN3O5S4/c1-22-16-7-5-12(10-13(16)18(23)29-22)30(24,25)21-15-9-11(19)4-6-14(15)20-31(26,27)17-3-2-8-28-17/h2-10,20-21H,1H3. The number of hydrogen-bond donors (Lipinski definition) is 2.